The van der Waals surface area contributed by atoms with Gasteiger partial charge in [-0.2, -0.15) is 5.10 Å². The highest BCUT2D eigenvalue weighted by atomic mass is 16.5. The average molecular weight is 337 g/mol. The van der Waals surface area contributed by atoms with Crippen LogP contribution in [0.25, 0.3) is 10.8 Å². The first-order valence-corrected chi connectivity index (χ1v) is 8.21. The molecule has 25 heavy (non-hydrogen) atoms. The molecule has 3 N–H and O–H groups in total. The van der Waals surface area contributed by atoms with Gasteiger partial charge in [0.15, 0.2) is 5.82 Å². The summed E-state index contributed by atoms with van der Waals surface area (Å²) < 4.78 is 5.30. The van der Waals surface area contributed by atoms with Crippen molar-refractivity contribution in [1.29, 1.82) is 0 Å². The first kappa shape index (κ1) is 15.4. The molecule has 2 heterocycles. The quantitative estimate of drug-likeness (QED) is 0.666. The molecule has 3 aromatic rings. The van der Waals surface area contributed by atoms with Gasteiger partial charge in [-0.05, 0) is 49.4 Å². The molecular formula is C18H19N5O2. The molecule has 0 bridgehead atoms. The minimum absolute atomic E-state index is 0.153. The van der Waals surface area contributed by atoms with Gasteiger partial charge in [-0.15, -0.1) is 0 Å². The van der Waals surface area contributed by atoms with E-state index in [1.54, 1.807) is 7.11 Å². The second-order valence-electron chi connectivity index (χ2n) is 6.25. The standard InChI is InChI=1S/C18H19N5O2/c1-10-7-16(23-22-10)20-15-9-11-8-13(25-2)5-6-14(11)17(21-15)18(24)19-12-3-4-12/h5-9,12H,3-4H2,1-2H3,(H,19,24)(H2,20,21,22,23). The second-order valence-corrected chi connectivity index (χ2v) is 6.25. The zero-order valence-corrected chi connectivity index (χ0v) is 14.1. The largest absolute Gasteiger partial charge is 0.497 e. The molecule has 1 amide bonds. The van der Waals surface area contributed by atoms with Crippen molar-refractivity contribution in [3.8, 4) is 5.75 Å². The van der Waals surface area contributed by atoms with E-state index >= 15 is 0 Å². The highest BCUT2D eigenvalue weighted by molar-refractivity contribution is 6.06. The van der Waals surface area contributed by atoms with Crippen molar-refractivity contribution in [1.82, 2.24) is 20.5 Å². The minimum atomic E-state index is -0.153. The Morgan fingerprint density at radius 1 is 1.24 bits per heavy atom. The van der Waals surface area contributed by atoms with Crippen molar-refractivity contribution >= 4 is 28.3 Å². The number of aromatic amines is 1. The first-order chi connectivity index (χ1) is 12.1. The number of nitrogens with zero attached hydrogens (tertiary/aromatic N) is 2. The number of H-pyrrole nitrogens is 1. The summed E-state index contributed by atoms with van der Waals surface area (Å²) in [5.74, 6) is 1.79. The molecule has 2 aromatic heterocycles. The zero-order chi connectivity index (χ0) is 17.4. The zero-order valence-electron chi connectivity index (χ0n) is 14.1. The molecule has 0 unspecified atom stereocenters. The molecule has 0 radical (unpaired) electrons. The van der Waals surface area contributed by atoms with Crippen LogP contribution in [0, 0.1) is 6.92 Å². The molecule has 1 aromatic carbocycles. The number of amides is 1. The number of carbonyl (C=O) groups is 1. The van der Waals surface area contributed by atoms with Crippen LogP contribution in [0.5, 0.6) is 5.75 Å². The lowest BCUT2D eigenvalue weighted by Gasteiger charge is -2.11. The number of benzene rings is 1. The molecule has 7 nitrogen and oxygen atoms in total. The molecule has 0 aliphatic heterocycles. The van der Waals surface area contributed by atoms with Gasteiger partial charge in [-0.1, -0.05) is 0 Å². The Morgan fingerprint density at radius 3 is 2.76 bits per heavy atom. The number of fused-ring (bicyclic) bond motifs is 1. The third-order valence-corrected chi connectivity index (χ3v) is 4.13. The van der Waals surface area contributed by atoms with Gasteiger partial charge >= 0.3 is 0 Å². The number of nitrogens with one attached hydrogen (secondary N) is 3. The summed E-state index contributed by atoms with van der Waals surface area (Å²) in [6.45, 7) is 1.92. The molecule has 1 aliphatic rings. The van der Waals surface area contributed by atoms with Crippen LogP contribution in [-0.4, -0.2) is 34.2 Å². The van der Waals surface area contributed by atoms with Gasteiger partial charge in [0.2, 0.25) is 0 Å². The number of carbonyl (C=O) groups excluding carboxylic acids is 1. The van der Waals surface area contributed by atoms with Gasteiger partial charge in [-0.25, -0.2) is 4.98 Å². The van der Waals surface area contributed by atoms with Gasteiger partial charge in [0, 0.05) is 23.2 Å². The number of rotatable bonds is 5. The van der Waals surface area contributed by atoms with E-state index < -0.39 is 0 Å². The third kappa shape index (κ3) is 3.26. The predicted molar refractivity (Wildman–Crippen MR) is 95.4 cm³/mol. The Morgan fingerprint density at radius 2 is 2.08 bits per heavy atom. The number of methoxy groups -OCH3 is 1. The van der Waals surface area contributed by atoms with Crippen LogP contribution in [-0.2, 0) is 0 Å². The van der Waals surface area contributed by atoms with Crippen LogP contribution in [0.15, 0.2) is 30.3 Å². The lowest BCUT2D eigenvalue weighted by Crippen LogP contribution is -2.26. The van der Waals surface area contributed by atoms with E-state index in [1.807, 2.05) is 37.3 Å². The highest BCUT2D eigenvalue weighted by Crippen LogP contribution is 2.27. The summed E-state index contributed by atoms with van der Waals surface area (Å²) in [6.07, 6.45) is 2.06. The third-order valence-electron chi connectivity index (χ3n) is 4.13. The number of aryl methyl sites for hydroxylation is 1. The van der Waals surface area contributed by atoms with Crippen molar-refractivity contribution in [3.05, 3.63) is 41.7 Å². The van der Waals surface area contributed by atoms with E-state index in [1.165, 1.54) is 0 Å². The summed E-state index contributed by atoms with van der Waals surface area (Å²) in [4.78, 5) is 17.1. The van der Waals surface area contributed by atoms with Crippen molar-refractivity contribution in [2.45, 2.75) is 25.8 Å². The van der Waals surface area contributed by atoms with Crippen molar-refractivity contribution in [3.63, 3.8) is 0 Å². The van der Waals surface area contributed by atoms with Gasteiger partial charge in [-0.3, -0.25) is 9.89 Å². The fraction of sp³-hybridized carbons (Fsp3) is 0.278. The summed E-state index contributed by atoms with van der Waals surface area (Å²) in [5, 5.41) is 14.9. The molecule has 0 saturated heterocycles. The fourth-order valence-corrected chi connectivity index (χ4v) is 2.69. The first-order valence-electron chi connectivity index (χ1n) is 8.21. The molecular weight excluding hydrogens is 318 g/mol. The minimum Gasteiger partial charge on any atom is -0.497 e. The average Bonchev–Trinajstić information content (AvgIpc) is 3.33. The van der Waals surface area contributed by atoms with E-state index in [2.05, 4.69) is 25.8 Å². The predicted octanol–water partition coefficient (Wildman–Crippen LogP) is 2.91. The SMILES string of the molecule is COc1ccc2c(C(=O)NC3CC3)nc(Nc3cc(C)[nH]n3)cc2c1. The summed E-state index contributed by atoms with van der Waals surface area (Å²) >= 11 is 0. The number of pyridine rings is 1. The number of aromatic nitrogens is 3. The topological polar surface area (TPSA) is 91.9 Å². The summed E-state index contributed by atoms with van der Waals surface area (Å²) in [6, 6.07) is 9.63. The van der Waals surface area contributed by atoms with Crippen molar-refractivity contribution < 1.29 is 9.53 Å². The Kier molecular flexibility index (Phi) is 3.76. The van der Waals surface area contributed by atoms with Crippen LogP contribution < -0.4 is 15.4 Å². The number of anilines is 2. The molecule has 0 atom stereocenters. The smallest absolute Gasteiger partial charge is 0.270 e. The number of hydrogen-bond acceptors (Lipinski definition) is 5. The monoisotopic (exact) mass is 337 g/mol. The van der Waals surface area contributed by atoms with Crippen LogP contribution in [0.2, 0.25) is 0 Å². The Labute approximate surface area is 144 Å². The van der Waals surface area contributed by atoms with E-state index in [4.69, 9.17) is 4.74 Å². The molecule has 1 saturated carbocycles. The van der Waals surface area contributed by atoms with Crippen molar-refractivity contribution in [2.75, 3.05) is 12.4 Å². The maximum atomic E-state index is 12.6. The number of hydrogen-bond donors (Lipinski definition) is 3. The van der Waals surface area contributed by atoms with Crippen LogP contribution in [0.1, 0.15) is 29.0 Å². The van der Waals surface area contributed by atoms with Crippen LogP contribution >= 0.6 is 0 Å². The van der Waals surface area contributed by atoms with Crippen molar-refractivity contribution in [2.24, 2.45) is 0 Å². The molecule has 0 spiro atoms. The molecule has 1 fully saturated rings. The normalized spacial score (nSPS) is 13.7. The fourth-order valence-electron chi connectivity index (χ4n) is 2.69. The highest BCUT2D eigenvalue weighted by Gasteiger charge is 2.25. The maximum absolute atomic E-state index is 12.6. The lowest BCUT2D eigenvalue weighted by atomic mass is 10.1. The lowest BCUT2D eigenvalue weighted by molar-refractivity contribution is 0.0948. The molecule has 128 valence electrons. The summed E-state index contributed by atoms with van der Waals surface area (Å²) in [7, 11) is 1.62. The van der Waals surface area contributed by atoms with E-state index in [9.17, 15) is 4.79 Å². The van der Waals surface area contributed by atoms with E-state index in [-0.39, 0.29) is 11.9 Å². The van der Waals surface area contributed by atoms with Gasteiger partial charge < -0.3 is 15.4 Å². The van der Waals surface area contributed by atoms with Gasteiger partial charge in [0.1, 0.15) is 17.3 Å². The van der Waals surface area contributed by atoms with E-state index in [0.29, 0.717) is 17.3 Å². The van der Waals surface area contributed by atoms with Gasteiger partial charge in [0.05, 0.1) is 7.11 Å². The second kappa shape index (κ2) is 6.08. The maximum Gasteiger partial charge on any atom is 0.270 e. The molecule has 7 heteroatoms. The van der Waals surface area contributed by atoms with Crippen LogP contribution in [0.3, 0.4) is 0 Å². The Hall–Kier alpha value is -3.09. The molecule has 1 aliphatic carbocycles. The molecule has 4 rings (SSSR count). The van der Waals surface area contributed by atoms with E-state index in [0.717, 1.165) is 35.1 Å². The van der Waals surface area contributed by atoms with Gasteiger partial charge in [0.25, 0.3) is 5.91 Å². The van der Waals surface area contributed by atoms with Crippen LogP contribution in [0.4, 0.5) is 11.6 Å². The Bertz CT molecular complexity index is 946. The number of ether oxygens (including phenoxy) is 1. The summed E-state index contributed by atoms with van der Waals surface area (Å²) in [5.41, 5.74) is 1.35. The Balaban J connectivity index is 1.77.